The Bertz CT molecular complexity index is 678. The van der Waals surface area contributed by atoms with Crippen LogP contribution in [0.25, 0.3) is 0 Å². The van der Waals surface area contributed by atoms with Gasteiger partial charge in [0.15, 0.2) is 5.88 Å². The minimum atomic E-state index is -0.251. The molecule has 0 aliphatic heterocycles. The number of halogens is 1. The Kier molecular flexibility index (Phi) is 7.58. The van der Waals surface area contributed by atoms with Crippen LogP contribution in [0.3, 0.4) is 0 Å². The van der Waals surface area contributed by atoms with E-state index in [4.69, 9.17) is 9.47 Å². The van der Waals surface area contributed by atoms with Gasteiger partial charge in [-0.2, -0.15) is 0 Å². The number of hydrogen-bond acceptors (Lipinski definition) is 3. The summed E-state index contributed by atoms with van der Waals surface area (Å²) in [4.78, 5) is 0. The van der Waals surface area contributed by atoms with Crippen LogP contribution in [0, 0.1) is 0 Å². The number of alkyl halides is 1. The van der Waals surface area contributed by atoms with Crippen LogP contribution in [0.5, 0.6) is 5.75 Å². The van der Waals surface area contributed by atoms with Gasteiger partial charge < -0.3 is 14.8 Å². The van der Waals surface area contributed by atoms with Crippen molar-refractivity contribution in [2.75, 3.05) is 5.33 Å². The molecule has 3 nitrogen and oxygen atoms in total. The summed E-state index contributed by atoms with van der Waals surface area (Å²) >= 11 is 3.56. The maximum Gasteiger partial charge on any atom is 0.180 e. The van der Waals surface area contributed by atoms with Gasteiger partial charge in [0.2, 0.25) is 0 Å². The van der Waals surface area contributed by atoms with Crippen molar-refractivity contribution in [1.82, 2.24) is 5.32 Å². The molecule has 0 aliphatic carbocycles. The molecule has 0 spiro atoms. The maximum atomic E-state index is 5.84. The zero-order valence-electron chi connectivity index (χ0n) is 15.8. The van der Waals surface area contributed by atoms with Crippen LogP contribution in [0.1, 0.15) is 31.9 Å². The molecule has 2 rings (SSSR count). The van der Waals surface area contributed by atoms with E-state index >= 15 is 0 Å². The summed E-state index contributed by atoms with van der Waals surface area (Å²) in [5.74, 6) is 1.48. The van der Waals surface area contributed by atoms with Crippen molar-refractivity contribution in [3.8, 4) is 5.75 Å². The van der Waals surface area contributed by atoms with Crippen LogP contribution in [0.4, 0.5) is 0 Å². The van der Waals surface area contributed by atoms with E-state index < -0.39 is 0 Å². The predicted molar refractivity (Wildman–Crippen MR) is 112 cm³/mol. The largest absolute Gasteiger partial charge is 0.489 e. The van der Waals surface area contributed by atoms with Gasteiger partial charge in [-0.05, 0) is 57.0 Å². The molecule has 1 atom stereocenters. The average Bonchev–Trinajstić information content (AvgIpc) is 2.60. The van der Waals surface area contributed by atoms with E-state index in [0.717, 1.165) is 23.1 Å². The number of nitrogens with one attached hydrogen (secondary N) is 1. The summed E-state index contributed by atoms with van der Waals surface area (Å²) < 4.78 is 11.6. The van der Waals surface area contributed by atoms with Gasteiger partial charge in [-0.25, -0.2) is 0 Å². The lowest BCUT2D eigenvalue weighted by atomic mass is 10.1. The molecule has 0 aliphatic rings. The summed E-state index contributed by atoms with van der Waals surface area (Å²) in [7, 11) is 0. The molecule has 0 saturated heterocycles. The summed E-state index contributed by atoms with van der Waals surface area (Å²) in [6, 6.07) is 18.6. The molecule has 0 radical (unpaired) electrons. The second kappa shape index (κ2) is 9.67. The molecule has 1 N–H and O–H groups in total. The Hall–Kier alpha value is -1.94. The molecule has 0 saturated carbocycles. The van der Waals surface area contributed by atoms with Crippen molar-refractivity contribution in [2.45, 2.75) is 45.4 Å². The molecule has 2 aromatic carbocycles. The van der Waals surface area contributed by atoms with E-state index in [2.05, 4.69) is 52.1 Å². The topological polar surface area (TPSA) is 30.5 Å². The van der Waals surface area contributed by atoms with Gasteiger partial charge in [-0.1, -0.05) is 58.4 Å². The van der Waals surface area contributed by atoms with Crippen molar-refractivity contribution in [2.24, 2.45) is 0 Å². The Morgan fingerprint density at radius 2 is 1.69 bits per heavy atom. The summed E-state index contributed by atoms with van der Waals surface area (Å²) in [5, 5.41) is 4.15. The van der Waals surface area contributed by atoms with E-state index in [-0.39, 0.29) is 11.6 Å². The van der Waals surface area contributed by atoms with E-state index in [9.17, 15) is 0 Å². The molecule has 0 heterocycles. The third-order valence-corrected chi connectivity index (χ3v) is 4.42. The molecule has 4 heteroatoms. The Labute approximate surface area is 165 Å². The molecule has 0 bridgehead atoms. The second-order valence-electron chi connectivity index (χ2n) is 7.26. The van der Waals surface area contributed by atoms with Crippen LogP contribution >= 0.6 is 15.9 Å². The van der Waals surface area contributed by atoms with Crippen LogP contribution in [0.15, 0.2) is 67.1 Å². The molecule has 0 amide bonds. The van der Waals surface area contributed by atoms with Crippen molar-refractivity contribution < 1.29 is 9.47 Å². The molecule has 0 aromatic heterocycles. The van der Waals surface area contributed by atoms with Gasteiger partial charge in [0.05, 0.1) is 0 Å². The van der Waals surface area contributed by atoms with Crippen molar-refractivity contribution in [3.05, 3.63) is 78.2 Å². The van der Waals surface area contributed by atoms with Crippen molar-refractivity contribution in [3.63, 3.8) is 0 Å². The third-order valence-electron chi connectivity index (χ3n) is 3.63. The lowest BCUT2D eigenvalue weighted by Gasteiger charge is -2.26. The first-order valence-electron chi connectivity index (χ1n) is 8.82. The van der Waals surface area contributed by atoms with E-state index in [1.165, 1.54) is 5.56 Å². The van der Waals surface area contributed by atoms with Crippen LogP contribution in [-0.2, 0) is 17.8 Å². The van der Waals surface area contributed by atoms with Gasteiger partial charge in [0.25, 0.3) is 0 Å². The molecular weight excluding hydrogens is 390 g/mol. The highest BCUT2D eigenvalue weighted by molar-refractivity contribution is 9.09. The summed E-state index contributed by atoms with van der Waals surface area (Å²) in [6.45, 7) is 10.6. The number of rotatable bonds is 9. The first-order valence-corrected chi connectivity index (χ1v) is 9.94. The normalized spacial score (nSPS) is 12.3. The smallest absolute Gasteiger partial charge is 0.180 e. The highest BCUT2D eigenvalue weighted by atomic mass is 79.9. The van der Waals surface area contributed by atoms with E-state index in [0.29, 0.717) is 12.5 Å². The van der Waals surface area contributed by atoms with Crippen LogP contribution < -0.4 is 10.1 Å². The number of hydrogen-bond donors (Lipinski definition) is 1. The zero-order valence-corrected chi connectivity index (χ0v) is 17.4. The fourth-order valence-corrected chi connectivity index (χ4v) is 2.91. The SMILES string of the molecule is C=C(NC(CBr)Cc1ccc(OCc2ccccc2)cc1)OC(C)(C)C. The lowest BCUT2D eigenvalue weighted by molar-refractivity contribution is 0.0391. The first-order chi connectivity index (χ1) is 12.4. The van der Waals surface area contributed by atoms with Gasteiger partial charge in [0.1, 0.15) is 18.0 Å². The maximum absolute atomic E-state index is 5.84. The summed E-state index contributed by atoms with van der Waals surface area (Å²) in [5.41, 5.74) is 2.15. The number of benzene rings is 2. The first kappa shape index (κ1) is 20.4. The molecule has 2 aromatic rings. The predicted octanol–water partition coefficient (Wildman–Crippen LogP) is 5.45. The van der Waals surface area contributed by atoms with Gasteiger partial charge >= 0.3 is 0 Å². The van der Waals surface area contributed by atoms with E-state index in [1.54, 1.807) is 0 Å². The summed E-state index contributed by atoms with van der Waals surface area (Å²) in [6.07, 6.45) is 0.872. The van der Waals surface area contributed by atoms with Gasteiger partial charge in [-0.3, -0.25) is 0 Å². The minimum absolute atomic E-state index is 0.209. The fraction of sp³-hybridized carbons (Fsp3) is 0.364. The highest BCUT2D eigenvalue weighted by Crippen LogP contribution is 2.17. The van der Waals surface area contributed by atoms with Gasteiger partial charge in [-0.15, -0.1) is 0 Å². The van der Waals surface area contributed by atoms with Crippen LogP contribution in [0.2, 0.25) is 0 Å². The number of ether oxygens (including phenoxy) is 2. The van der Waals surface area contributed by atoms with Crippen molar-refractivity contribution in [1.29, 1.82) is 0 Å². The van der Waals surface area contributed by atoms with Crippen molar-refractivity contribution >= 4 is 15.9 Å². The zero-order chi connectivity index (χ0) is 19.0. The molecular formula is C22H28BrNO2. The lowest BCUT2D eigenvalue weighted by Crippen LogP contribution is -2.35. The molecule has 140 valence electrons. The standard InChI is InChI=1S/C22H28BrNO2/c1-17(26-22(2,3)4)24-20(15-23)14-18-10-12-21(13-11-18)25-16-19-8-6-5-7-9-19/h5-13,20,24H,1,14-16H2,2-4H3. The van der Waals surface area contributed by atoms with E-state index in [1.807, 2.05) is 51.1 Å². The minimum Gasteiger partial charge on any atom is -0.489 e. The average molecular weight is 418 g/mol. The Morgan fingerprint density at radius 1 is 1.04 bits per heavy atom. The molecule has 0 fully saturated rings. The van der Waals surface area contributed by atoms with Crippen LogP contribution in [-0.4, -0.2) is 17.0 Å². The quantitative estimate of drug-likeness (QED) is 0.434. The molecule has 1 unspecified atom stereocenters. The second-order valence-corrected chi connectivity index (χ2v) is 7.90. The monoisotopic (exact) mass is 417 g/mol. The molecule has 26 heavy (non-hydrogen) atoms. The Balaban J connectivity index is 1.85. The van der Waals surface area contributed by atoms with Gasteiger partial charge in [0, 0.05) is 11.4 Å². The third kappa shape index (κ3) is 7.52. The fourth-order valence-electron chi connectivity index (χ4n) is 2.52. The highest BCUT2D eigenvalue weighted by Gasteiger charge is 2.15. The Morgan fingerprint density at radius 3 is 2.27 bits per heavy atom.